The molecule has 4 rings (SSSR count). The van der Waals surface area contributed by atoms with Crippen molar-refractivity contribution in [3.8, 4) is 11.5 Å². The number of amides is 1. The van der Waals surface area contributed by atoms with Gasteiger partial charge < -0.3 is 20.1 Å². The average molecular weight is 436 g/mol. The van der Waals surface area contributed by atoms with Crippen LogP contribution in [0.3, 0.4) is 0 Å². The van der Waals surface area contributed by atoms with Crippen LogP contribution in [0.25, 0.3) is 0 Å². The Hall–Kier alpha value is -4.41. The minimum Gasteiger partial charge on any atom is -0.497 e. The number of hydrogen-bond donors (Lipinski definition) is 2. The summed E-state index contributed by atoms with van der Waals surface area (Å²) in [5.41, 5.74) is 1.99. The van der Waals surface area contributed by atoms with Crippen LogP contribution in [-0.2, 0) is 4.79 Å². The van der Waals surface area contributed by atoms with Gasteiger partial charge in [0.2, 0.25) is 5.95 Å². The van der Waals surface area contributed by atoms with Crippen LogP contribution in [0.5, 0.6) is 11.5 Å². The lowest BCUT2D eigenvalue weighted by molar-refractivity contribution is -0.384. The van der Waals surface area contributed by atoms with Crippen LogP contribution in [-0.4, -0.2) is 39.8 Å². The van der Waals surface area contributed by atoms with Gasteiger partial charge in [-0.05, 0) is 36.8 Å². The number of carbonyl (C=O) groups excluding carboxylic acids is 1. The van der Waals surface area contributed by atoms with Gasteiger partial charge in [0.15, 0.2) is 0 Å². The van der Waals surface area contributed by atoms with E-state index < -0.39 is 16.9 Å². The highest BCUT2D eigenvalue weighted by molar-refractivity contribution is 6.06. The molecule has 11 heteroatoms. The fraction of sp³-hybridized carbons (Fsp3) is 0.190. The van der Waals surface area contributed by atoms with Gasteiger partial charge in [-0.1, -0.05) is 0 Å². The van der Waals surface area contributed by atoms with Crippen molar-refractivity contribution in [1.82, 2.24) is 14.8 Å². The molecule has 1 aliphatic heterocycles. The van der Waals surface area contributed by atoms with Gasteiger partial charge in [-0.2, -0.15) is 10.1 Å². The normalized spacial score (nSPS) is 14.9. The number of nitro benzene ring substituents is 1. The fourth-order valence-corrected chi connectivity index (χ4v) is 3.57. The molecular formula is C21H20N6O5. The Bertz CT molecular complexity index is 1220. The number of fused-ring (bicyclic) bond motifs is 1. The first-order chi connectivity index (χ1) is 15.4. The first-order valence-electron chi connectivity index (χ1n) is 9.58. The summed E-state index contributed by atoms with van der Waals surface area (Å²) in [4.78, 5) is 28.2. The van der Waals surface area contributed by atoms with E-state index in [2.05, 4.69) is 20.7 Å². The Balaban J connectivity index is 1.75. The van der Waals surface area contributed by atoms with Gasteiger partial charge in [-0.3, -0.25) is 14.9 Å². The maximum Gasteiger partial charge on any atom is 0.269 e. The number of rotatable bonds is 6. The van der Waals surface area contributed by atoms with Crippen LogP contribution in [0.15, 0.2) is 60.1 Å². The molecular weight excluding hydrogens is 416 g/mol. The highest BCUT2D eigenvalue weighted by atomic mass is 16.6. The molecule has 32 heavy (non-hydrogen) atoms. The standard InChI is InChI=1S/C21H20N6O5/c1-12-18(20(28)25-16-10-15(31-2)8-9-17(16)32-3)19(26-21(24-12)22-11-23-26)13-4-6-14(7-5-13)27(29)30/h4-11,19H,1-3H3,(H,25,28)(H,22,23,24)/t19-/m0/s1. The van der Waals surface area contributed by atoms with Crippen molar-refractivity contribution in [3.63, 3.8) is 0 Å². The summed E-state index contributed by atoms with van der Waals surface area (Å²) >= 11 is 0. The topological polar surface area (TPSA) is 133 Å². The molecule has 0 fully saturated rings. The molecule has 1 aliphatic rings. The van der Waals surface area contributed by atoms with Gasteiger partial charge in [-0.25, -0.2) is 4.68 Å². The van der Waals surface area contributed by atoms with Crippen molar-refractivity contribution in [1.29, 1.82) is 0 Å². The van der Waals surface area contributed by atoms with Crippen LogP contribution in [0.2, 0.25) is 0 Å². The highest BCUT2D eigenvalue weighted by Crippen LogP contribution is 2.37. The van der Waals surface area contributed by atoms with Gasteiger partial charge in [0, 0.05) is 23.9 Å². The molecule has 0 saturated heterocycles. The number of non-ortho nitro benzene ring substituents is 1. The second-order valence-corrected chi connectivity index (χ2v) is 6.96. The Morgan fingerprint density at radius 1 is 1.19 bits per heavy atom. The number of methoxy groups -OCH3 is 2. The van der Waals surface area contributed by atoms with E-state index in [1.165, 1.54) is 32.7 Å². The van der Waals surface area contributed by atoms with Crippen molar-refractivity contribution in [3.05, 3.63) is 75.7 Å². The minimum absolute atomic E-state index is 0.0469. The molecule has 0 aliphatic carbocycles. The molecule has 0 unspecified atom stereocenters. The Labute approximate surface area is 182 Å². The number of allylic oxidation sites excluding steroid dienone is 1. The number of aromatic nitrogens is 3. The molecule has 1 amide bonds. The maximum atomic E-state index is 13.5. The summed E-state index contributed by atoms with van der Waals surface area (Å²) in [5.74, 6) is 1.08. The van der Waals surface area contributed by atoms with E-state index in [1.54, 1.807) is 41.9 Å². The highest BCUT2D eigenvalue weighted by Gasteiger charge is 2.34. The van der Waals surface area contributed by atoms with E-state index in [-0.39, 0.29) is 5.69 Å². The van der Waals surface area contributed by atoms with Crippen LogP contribution in [0, 0.1) is 10.1 Å². The summed E-state index contributed by atoms with van der Waals surface area (Å²) in [6.07, 6.45) is 1.37. The number of carbonyl (C=O) groups is 1. The van der Waals surface area contributed by atoms with E-state index in [1.807, 2.05) is 0 Å². The first-order valence-corrected chi connectivity index (χ1v) is 9.58. The smallest absolute Gasteiger partial charge is 0.269 e. The van der Waals surface area contributed by atoms with Crippen molar-refractivity contribution < 1.29 is 19.2 Å². The van der Waals surface area contributed by atoms with E-state index in [9.17, 15) is 14.9 Å². The third-order valence-electron chi connectivity index (χ3n) is 5.11. The van der Waals surface area contributed by atoms with Crippen molar-refractivity contribution >= 4 is 23.2 Å². The van der Waals surface area contributed by atoms with Crippen LogP contribution < -0.4 is 20.1 Å². The number of benzene rings is 2. The third kappa shape index (κ3) is 3.71. The van der Waals surface area contributed by atoms with Gasteiger partial charge in [-0.15, -0.1) is 0 Å². The molecule has 0 spiro atoms. The monoisotopic (exact) mass is 436 g/mol. The SMILES string of the molecule is COc1ccc(OC)c(NC(=O)C2=C(C)Nc3ncnn3[C@H]2c2ccc([N+](=O)[O-])cc2)c1. The molecule has 3 aromatic rings. The summed E-state index contributed by atoms with van der Waals surface area (Å²) in [6.45, 7) is 1.76. The lowest BCUT2D eigenvalue weighted by Gasteiger charge is -2.28. The minimum atomic E-state index is -0.647. The zero-order valence-electron chi connectivity index (χ0n) is 17.5. The average Bonchev–Trinajstić information content (AvgIpc) is 3.26. The quantitative estimate of drug-likeness (QED) is 0.445. The van der Waals surface area contributed by atoms with E-state index in [0.29, 0.717) is 40.0 Å². The maximum absolute atomic E-state index is 13.5. The molecule has 1 aromatic heterocycles. The predicted molar refractivity (Wildman–Crippen MR) is 116 cm³/mol. The van der Waals surface area contributed by atoms with Crippen LogP contribution >= 0.6 is 0 Å². The number of nitrogens with zero attached hydrogens (tertiary/aromatic N) is 4. The molecule has 0 bridgehead atoms. The number of anilines is 2. The Morgan fingerprint density at radius 3 is 2.59 bits per heavy atom. The van der Waals surface area contributed by atoms with Gasteiger partial charge in [0.05, 0.1) is 30.4 Å². The number of nitro groups is 1. The van der Waals surface area contributed by atoms with E-state index >= 15 is 0 Å². The molecule has 0 saturated carbocycles. The number of ether oxygens (including phenoxy) is 2. The molecule has 11 nitrogen and oxygen atoms in total. The predicted octanol–water partition coefficient (Wildman–Crippen LogP) is 3.13. The molecule has 164 valence electrons. The molecule has 2 N–H and O–H groups in total. The molecule has 2 heterocycles. The van der Waals surface area contributed by atoms with Gasteiger partial charge >= 0.3 is 0 Å². The van der Waals surface area contributed by atoms with Crippen molar-refractivity contribution in [2.75, 3.05) is 24.9 Å². The second kappa shape index (κ2) is 8.38. The zero-order chi connectivity index (χ0) is 22.8. The van der Waals surface area contributed by atoms with Gasteiger partial charge in [0.1, 0.15) is 23.9 Å². The Kier molecular flexibility index (Phi) is 5.46. The van der Waals surface area contributed by atoms with E-state index in [0.717, 1.165) is 0 Å². The fourth-order valence-electron chi connectivity index (χ4n) is 3.57. The molecule has 0 radical (unpaired) electrons. The summed E-state index contributed by atoms with van der Waals surface area (Å²) in [5, 5.41) is 21.3. The Morgan fingerprint density at radius 2 is 1.94 bits per heavy atom. The summed E-state index contributed by atoms with van der Waals surface area (Å²) < 4.78 is 12.2. The number of nitrogens with one attached hydrogen (secondary N) is 2. The summed E-state index contributed by atoms with van der Waals surface area (Å²) in [6, 6.07) is 10.4. The lowest BCUT2D eigenvalue weighted by Crippen LogP contribution is -2.31. The molecule has 1 atom stereocenters. The summed E-state index contributed by atoms with van der Waals surface area (Å²) in [7, 11) is 3.04. The lowest BCUT2D eigenvalue weighted by atomic mass is 9.94. The van der Waals surface area contributed by atoms with Gasteiger partial charge in [0.25, 0.3) is 11.6 Å². The third-order valence-corrected chi connectivity index (χ3v) is 5.11. The second-order valence-electron chi connectivity index (χ2n) is 6.96. The first kappa shape index (κ1) is 20.8. The van der Waals surface area contributed by atoms with Crippen LogP contribution in [0.4, 0.5) is 17.3 Å². The number of hydrogen-bond acceptors (Lipinski definition) is 8. The molecule has 2 aromatic carbocycles. The van der Waals surface area contributed by atoms with Crippen molar-refractivity contribution in [2.45, 2.75) is 13.0 Å². The van der Waals surface area contributed by atoms with E-state index in [4.69, 9.17) is 9.47 Å². The zero-order valence-corrected chi connectivity index (χ0v) is 17.5. The largest absolute Gasteiger partial charge is 0.497 e. The van der Waals surface area contributed by atoms with Crippen LogP contribution in [0.1, 0.15) is 18.5 Å². The van der Waals surface area contributed by atoms with Crippen molar-refractivity contribution in [2.24, 2.45) is 0 Å².